The van der Waals surface area contributed by atoms with Crippen molar-refractivity contribution in [3.05, 3.63) is 70.9 Å². The first kappa shape index (κ1) is 13.2. The highest BCUT2D eigenvalue weighted by Gasteiger charge is 1.98. The third-order valence-corrected chi connectivity index (χ3v) is 3.70. The van der Waals surface area contributed by atoms with E-state index in [-0.39, 0.29) is 0 Å². The zero-order chi connectivity index (χ0) is 13.8. The first-order valence-electron chi connectivity index (χ1n) is 6.82. The lowest BCUT2D eigenvalue weighted by molar-refractivity contribution is 0.687. The van der Waals surface area contributed by atoms with E-state index < -0.39 is 0 Å². The van der Waals surface area contributed by atoms with Gasteiger partial charge in [0.1, 0.15) is 0 Å². The van der Waals surface area contributed by atoms with E-state index in [0.717, 1.165) is 24.5 Å². The van der Waals surface area contributed by atoms with Gasteiger partial charge in [-0.3, -0.25) is 0 Å². The molecule has 0 bridgehead atoms. The molecule has 2 aromatic carbocycles. The molecule has 1 heterocycles. The van der Waals surface area contributed by atoms with E-state index in [1.807, 2.05) is 18.3 Å². The third kappa shape index (κ3) is 3.21. The Morgan fingerprint density at radius 1 is 0.950 bits per heavy atom. The van der Waals surface area contributed by atoms with Crippen LogP contribution in [0.5, 0.6) is 0 Å². The highest BCUT2D eigenvalue weighted by Crippen LogP contribution is 2.14. The van der Waals surface area contributed by atoms with Crippen LogP contribution in [-0.2, 0) is 13.0 Å². The van der Waals surface area contributed by atoms with Crippen LogP contribution in [0.1, 0.15) is 11.1 Å². The minimum Gasteiger partial charge on any atom is -0.361 e. The molecule has 3 rings (SSSR count). The number of nitrogens with one attached hydrogen (secondary N) is 2. The van der Waals surface area contributed by atoms with Crippen LogP contribution in [0.15, 0.2) is 54.7 Å². The van der Waals surface area contributed by atoms with Crippen LogP contribution in [0.3, 0.4) is 0 Å². The van der Waals surface area contributed by atoms with Crippen molar-refractivity contribution in [1.82, 2.24) is 10.3 Å². The maximum atomic E-state index is 5.87. The van der Waals surface area contributed by atoms with E-state index in [1.54, 1.807) is 0 Å². The molecule has 0 aliphatic carbocycles. The van der Waals surface area contributed by atoms with Gasteiger partial charge in [-0.2, -0.15) is 0 Å². The average molecular weight is 285 g/mol. The Bertz CT molecular complexity index is 686. The molecule has 0 aliphatic heterocycles. The highest BCUT2D eigenvalue weighted by molar-refractivity contribution is 6.30. The number of rotatable bonds is 5. The molecule has 0 unspecified atom stereocenters. The van der Waals surface area contributed by atoms with Gasteiger partial charge in [-0.1, -0.05) is 35.9 Å². The first-order chi connectivity index (χ1) is 9.81. The molecule has 3 aromatic rings. The normalized spacial score (nSPS) is 11.1. The molecular formula is C17H17ClN2. The van der Waals surface area contributed by atoms with Crippen molar-refractivity contribution in [2.75, 3.05) is 6.54 Å². The maximum absolute atomic E-state index is 5.87. The van der Waals surface area contributed by atoms with Gasteiger partial charge in [0.2, 0.25) is 0 Å². The van der Waals surface area contributed by atoms with E-state index in [9.17, 15) is 0 Å². The molecule has 102 valence electrons. The summed E-state index contributed by atoms with van der Waals surface area (Å²) in [4.78, 5) is 3.25. The van der Waals surface area contributed by atoms with Crippen molar-refractivity contribution >= 4 is 22.5 Å². The van der Waals surface area contributed by atoms with Crippen molar-refractivity contribution < 1.29 is 0 Å². The van der Waals surface area contributed by atoms with Crippen molar-refractivity contribution in [2.24, 2.45) is 0 Å². The summed E-state index contributed by atoms with van der Waals surface area (Å²) >= 11 is 5.87. The smallest absolute Gasteiger partial charge is 0.0456 e. The topological polar surface area (TPSA) is 27.8 Å². The van der Waals surface area contributed by atoms with Gasteiger partial charge in [0.15, 0.2) is 0 Å². The summed E-state index contributed by atoms with van der Waals surface area (Å²) < 4.78 is 0. The molecule has 2 nitrogen and oxygen atoms in total. The second-order valence-corrected chi connectivity index (χ2v) is 5.39. The standard InChI is InChI=1S/C17H17ClN2/c18-16-5-2-14(3-6-16)12-19-9-7-13-1-4-15-8-10-20-17(15)11-13/h1-6,8,10-11,19-20H,7,9,12H2. The fourth-order valence-corrected chi connectivity index (χ4v) is 2.44. The monoisotopic (exact) mass is 284 g/mol. The molecule has 0 saturated carbocycles. The van der Waals surface area contributed by atoms with Crippen LogP contribution >= 0.6 is 11.6 Å². The number of hydrogen-bond acceptors (Lipinski definition) is 1. The predicted molar refractivity (Wildman–Crippen MR) is 85.2 cm³/mol. The van der Waals surface area contributed by atoms with Crippen LogP contribution in [-0.4, -0.2) is 11.5 Å². The van der Waals surface area contributed by atoms with E-state index in [4.69, 9.17) is 11.6 Å². The molecule has 0 atom stereocenters. The van der Waals surface area contributed by atoms with E-state index in [0.29, 0.717) is 0 Å². The molecule has 0 fully saturated rings. The lowest BCUT2D eigenvalue weighted by atomic mass is 10.1. The summed E-state index contributed by atoms with van der Waals surface area (Å²) in [5.74, 6) is 0. The largest absolute Gasteiger partial charge is 0.361 e. The number of aromatic amines is 1. The Labute approximate surface area is 123 Å². The van der Waals surface area contributed by atoms with Crippen molar-refractivity contribution in [1.29, 1.82) is 0 Å². The number of halogens is 1. The van der Waals surface area contributed by atoms with E-state index in [1.165, 1.54) is 22.0 Å². The Balaban J connectivity index is 1.50. The summed E-state index contributed by atoms with van der Waals surface area (Å²) in [7, 11) is 0. The Kier molecular flexibility index (Phi) is 4.05. The number of fused-ring (bicyclic) bond motifs is 1. The van der Waals surface area contributed by atoms with Gasteiger partial charge < -0.3 is 10.3 Å². The SMILES string of the molecule is Clc1ccc(CNCCc2ccc3cc[nH]c3c2)cc1. The van der Waals surface area contributed by atoms with Crippen molar-refractivity contribution in [3.8, 4) is 0 Å². The van der Waals surface area contributed by atoms with Crippen LogP contribution < -0.4 is 5.32 Å². The summed E-state index contributed by atoms with van der Waals surface area (Å²) in [6, 6.07) is 16.6. The zero-order valence-corrected chi connectivity index (χ0v) is 12.0. The second-order valence-electron chi connectivity index (χ2n) is 4.95. The molecule has 0 spiro atoms. The molecule has 3 heteroatoms. The molecule has 0 radical (unpaired) electrons. The summed E-state index contributed by atoms with van der Waals surface area (Å²) in [6.07, 6.45) is 3.01. The van der Waals surface area contributed by atoms with Gasteiger partial charge in [-0.05, 0) is 53.7 Å². The van der Waals surface area contributed by atoms with E-state index in [2.05, 4.69) is 46.7 Å². The van der Waals surface area contributed by atoms with Crippen LogP contribution in [0, 0.1) is 0 Å². The number of H-pyrrole nitrogens is 1. The quantitative estimate of drug-likeness (QED) is 0.677. The molecule has 0 saturated heterocycles. The number of aromatic nitrogens is 1. The van der Waals surface area contributed by atoms with Gasteiger partial charge in [0.05, 0.1) is 0 Å². The van der Waals surface area contributed by atoms with Crippen LogP contribution in [0.2, 0.25) is 5.02 Å². The highest BCUT2D eigenvalue weighted by atomic mass is 35.5. The second kappa shape index (κ2) is 6.12. The number of benzene rings is 2. The van der Waals surface area contributed by atoms with Crippen LogP contribution in [0.4, 0.5) is 0 Å². The zero-order valence-electron chi connectivity index (χ0n) is 11.2. The third-order valence-electron chi connectivity index (χ3n) is 3.45. The van der Waals surface area contributed by atoms with Gasteiger partial charge in [-0.25, -0.2) is 0 Å². The first-order valence-corrected chi connectivity index (χ1v) is 7.20. The predicted octanol–water partition coefficient (Wildman–Crippen LogP) is 4.15. The molecule has 2 N–H and O–H groups in total. The fraction of sp³-hybridized carbons (Fsp3) is 0.176. The van der Waals surface area contributed by atoms with Crippen molar-refractivity contribution in [2.45, 2.75) is 13.0 Å². The Morgan fingerprint density at radius 2 is 1.75 bits per heavy atom. The molecular weight excluding hydrogens is 268 g/mol. The Morgan fingerprint density at radius 3 is 2.60 bits per heavy atom. The fourth-order valence-electron chi connectivity index (χ4n) is 2.32. The minimum absolute atomic E-state index is 0.785. The van der Waals surface area contributed by atoms with Gasteiger partial charge in [-0.15, -0.1) is 0 Å². The van der Waals surface area contributed by atoms with Crippen molar-refractivity contribution in [3.63, 3.8) is 0 Å². The molecule has 1 aromatic heterocycles. The average Bonchev–Trinajstić information content (AvgIpc) is 2.93. The lowest BCUT2D eigenvalue weighted by Crippen LogP contribution is -2.16. The van der Waals surface area contributed by atoms with Gasteiger partial charge in [0.25, 0.3) is 0 Å². The van der Waals surface area contributed by atoms with E-state index >= 15 is 0 Å². The molecule has 20 heavy (non-hydrogen) atoms. The summed E-state index contributed by atoms with van der Waals surface area (Å²) in [6.45, 7) is 1.84. The van der Waals surface area contributed by atoms with Gasteiger partial charge in [0, 0.05) is 23.3 Å². The minimum atomic E-state index is 0.785. The van der Waals surface area contributed by atoms with Gasteiger partial charge >= 0.3 is 0 Å². The lowest BCUT2D eigenvalue weighted by Gasteiger charge is -2.05. The maximum Gasteiger partial charge on any atom is 0.0456 e. The summed E-state index contributed by atoms with van der Waals surface area (Å²) in [5.41, 5.74) is 3.82. The number of hydrogen-bond donors (Lipinski definition) is 2. The molecule has 0 amide bonds. The molecule has 0 aliphatic rings. The Hall–Kier alpha value is -1.77. The van der Waals surface area contributed by atoms with Crippen LogP contribution in [0.25, 0.3) is 10.9 Å². The summed E-state index contributed by atoms with van der Waals surface area (Å²) in [5, 5.41) is 5.51.